The van der Waals surface area contributed by atoms with Crippen LogP contribution >= 0.6 is 46.3 Å². The maximum atomic E-state index is 12.7. The summed E-state index contributed by atoms with van der Waals surface area (Å²) in [5.74, 6) is -1.78. The van der Waals surface area contributed by atoms with Crippen LogP contribution in [-0.2, 0) is 22.4 Å². The van der Waals surface area contributed by atoms with Gasteiger partial charge in [-0.3, -0.25) is 24.1 Å². The van der Waals surface area contributed by atoms with Crippen molar-refractivity contribution in [2.24, 2.45) is 5.73 Å². The molecule has 0 atom stereocenters. The molecule has 32 heavy (non-hydrogen) atoms. The average molecular weight is 510 g/mol. The van der Waals surface area contributed by atoms with Crippen LogP contribution in [-0.4, -0.2) is 34.4 Å². The van der Waals surface area contributed by atoms with Gasteiger partial charge in [0.05, 0.1) is 10.5 Å². The van der Waals surface area contributed by atoms with Crippen LogP contribution in [0.3, 0.4) is 0 Å². The fraction of sp³-hybridized carbons (Fsp3) is 0.238. The Morgan fingerprint density at radius 2 is 1.94 bits per heavy atom. The molecule has 0 spiro atoms. The number of halogens is 2. The molecule has 166 valence electrons. The molecule has 1 saturated heterocycles. The highest BCUT2D eigenvalue weighted by Gasteiger charge is 2.37. The predicted molar refractivity (Wildman–Crippen MR) is 127 cm³/mol. The molecule has 1 aliphatic carbocycles. The third kappa shape index (κ3) is 4.56. The van der Waals surface area contributed by atoms with E-state index in [1.54, 1.807) is 12.1 Å². The van der Waals surface area contributed by atoms with Gasteiger partial charge >= 0.3 is 0 Å². The molecule has 7 nitrogen and oxygen atoms in total. The summed E-state index contributed by atoms with van der Waals surface area (Å²) in [6, 6.07) is 4.78. The van der Waals surface area contributed by atoms with E-state index in [1.165, 1.54) is 23.5 Å². The number of imide groups is 1. The van der Waals surface area contributed by atoms with Crippen molar-refractivity contribution in [3.63, 3.8) is 0 Å². The SMILES string of the molecule is NC(=O)c1c(NC(=O)CN2C(=O)SC(=Cc3ccc(Cl)cc3Cl)C2=O)sc2c1CCCC2. The van der Waals surface area contributed by atoms with Crippen LogP contribution in [0.5, 0.6) is 0 Å². The summed E-state index contributed by atoms with van der Waals surface area (Å²) in [6.45, 7) is -0.475. The number of benzene rings is 1. The zero-order valence-corrected chi connectivity index (χ0v) is 19.7. The van der Waals surface area contributed by atoms with Crippen LogP contribution in [0.1, 0.15) is 39.2 Å². The maximum Gasteiger partial charge on any atom is 0.294 e. The van der Waals surface area contributed by atoms with Crippen molar-refractivity contribution < 1.29 is 19.2 Å². The summed E-state index contributed by atoms with van der Waals surface area (Å²) in [4.78, 5) is 51.7. The number of rotatable bonds is 5. The van der Waals surface area contributed by atoms with Crippen molar-refractivity contribution in [2.45, 2.75) is 25.7 Å². The van der Waals surface area contributed by atoms with Crippen molar-refractivity contribution >= 4 is 80.3 Å². The molecule has 2 heterocycles. The van der Waals surface area contributed by atoms with Crippen LogP contribution in [0.4, 0.5) is 9.80 Å². The highest BCUT2D eigenvalue weighted by Crippen LogP contribution is 2.38. The van der Waals surface area contributed by atoms with E-state index in [1.807, 2.05) is 0 Å². The predicted octanol–water partition coefficient (Wildman–Crippen LogP) is 4.71. The van der Waals surface area contributed by atoms with Gasteiger partial charge in [0.2, 0.25) is 5.91 Å². The normalized spacial score (nSPS) is 17.1. The Morgan fingerprint density at radius 1 is 1.19 bits per heavy atom. The van der Waals surface area contributed by atoms with E-state index in [-0.39, 0.29) is 4.91 Å². The van der Waals surface area contributed by atoms with Gasteiger partial charge in [-0.05, 0) is 66.8 Å². The zero-order valence-electron chi connectivity index (χ0n) is 16.6. The average Bonchev–Trinajstić information content (AvgIpc) is 3.22. The first-order valence-corrected chi connectivity index (χ1v) is 12.1. The highest BCUT2D eigenvalue weighted by molar-refractivity contribution is 8.18. The van der Waals surface area contributed by atoms with E-state index in [0.29, 0.717) is 26.2 Å². The Hall–Kier alpha value is -2.33. The lowest BCUT2D eigenvalue weighted by molar-refractivity contribution is -0.127. The Morgan fingerprint density at radius 3 is 2.66 bits per heavy atom. The lowest BCUT2D eigenvalue weighted by Crippen LogP contribution is -2.36. The van der Waals surface area contributed by atoms with E-state index in [4.69, 9.17) is 28.9 Å². The van der Waals surface area contributed by atoms with Gasteiger partial charge < -0.3 is 11.1 Å². The van der Waals surface area contributed by atoms with Gasteiger partial charge in [0, 0.05) is 14.9 Å². The fourth-order valence-corrected chi connectivity index (χ4v) is 6.22. The van der Waals surface area contributed by atoms with Crippen molar-refractivity contribution in [1.29, 1.82) is 0 Å². The third-order valence-electron chi connectivity index (χ3n) is 5.10. The van der Waals surface area contributed by atoms with E-state index in [0.717, 1.165) is 52.8 Å². The summed E-state index contributed by atoms with van der Waals surface area (Å²) >= 11 is 14.1. The molecule has 1 fully saturated rings. The zero-order chi connectivity index (χ0) is 23.0. The molecule has 0 unspecified atom stereocenters. The molecule has 1 aliphatic heterocycles. The van der Waals surface area contributed by atoms with Crippen molar-refractivity contribution in [3.8, 4) is 0 Å². The number of carbonyl (C=O) groups excluding carboxylic acids is 4. The topological polar surface area (TPSA) is 110 Å². The third-order valence-corrected chi connectivity index (χ3v) is 7.77. The number of fused-ring (bicyclic) bond motifs is 1. The first kappa shape index (κ1) is 22.8. The molecule has 0 bridgehead atoms. The lowest BCUT2D eigenvalue weighted by atomic mass is 9.95. The second kappa shape index (κ2) is 9.27. The Kier molecular flexibility index (Phi) is 6.62. The second-order valence-corrected chi connectivity index (χ2v) is 10.2. The van der Waals surface area contributed by atoms with Crippen LogP contribution < -0.4 is 11.1 Å². The molecule has 1 aromatic carbocycles. The smallest absolute Gasteiger partial charge is 0.294 e. The number of nitrogens with zero attached hydrogens (tertiary/aromatic N) is 1. The Balaban J connectivity index is 1.50. The molecule has 1 aromatic heterocycles. The van der Waals surface area contributed by atoms with Crippen LogP contribution in [0.25, 0.3) is 6.08 Å². The minimum atomic E-state index is -0.603. The fourth-order valence-electron chi connectivity index (χ4n) is 3.62. The molecule has 3 N–H and O–H groups in total. The minimum absolute atomic E-state index is 0.149. The van der Waals surface area contributed by atoms with E-state index in [9.17, 15) is 19.2 Å². The second-order valence-electron chi connectivity index (χ2n) is 7.26. The molecule has 2 aromatic rings. The summed E-state index contributed by atoms with van der Waals surface area (Å²) in [6.07, 6.45) is 5.02. The first-order chi connectivity index (χ1) is 15.2. The number of thioether (sulfide) groups is 1. The highest BCUT2D eigenvalue weighted by atomic mass is 35.5. The molecule has 11 heteroatoms. The van der Waals surface area contributed by atoms with Crippen molar-refractivity contribution in [3.05, 3.63) is 54.7 Å². The Bertz CT molecular complexity index is 1190. The molecular formula is C21H17Cl2N3O4S2. The van der Waals surface area contributed by atoms with Gasteiger partial charge in [-0.25, -0.2) is 0 Å². The number of nitrogens with one attached hydrogen (secondary N) is 1. The van der Waals surface area contributed by atoms with Crippen LogP contribution in [0, 0.1) is 0 Å². The molecule has 0 radical (unpaired) electrons. The van der Waals surface area contributed by atoms with Gasteiger partial charge in [0.15, 0.2) is 0 Å². The van der Waals surface area contributed by atoms with Crippen molar-refractivity contribution in [1.82, 2.24) is 4.90 Å². The van der Waals surface area contributed by atoms with Crippen LogP contribution in [0.2, 0.25) is 10.0 Å². The van der Waals surface area contributed by atoms with Gasteiger partial charge in [0.25, 0.3) is 17.1 Å². The number of aryl methyl sites for hydroxylation is 1. The summed E-state index contributed by atoms with van der Waals surface area (Å²) in [5, 5.41) is 3.25. The van der Waals surface area contributed by atoms with Crippen LogP contribution in [0.15, 0.2) is 23.1 Å². The van der Waals surface area contributed by atoms with Crippen molar-refractivity contribution in [2.75, 3.05) is 11.9 Å². The van der Waals surface area contributed by atoms with Gasteiger partial charge in [-0.15, -0.1) is 11.3 Å². The number of anilines is 1. The largest absolute Gasteiger partial charge is 0.365 e. The summed E-state index contributed by atoms with van der Waals surface area (Å²) < 4.78 is 0. The van der Waals surface area contributed by atoms with E-state index >= 15 is 0 Å². The monoisotopic (exact) mass is 509 g/mol. The Labute approximate surface area is 201 Å². The molecule has 4 amide bonds. The van der Waals surface area contributed by atoms with Gasteiger partial charge in [0.1, 0.15) is 11.5 Å². The molecular weight excluding hydrogens is 493 g/mol. The first-order valence-electron chi connectivity index (χ1n) is 9.69. The molecule has 0 saturated carbocycles. The number of hydrogen-bond acceptors (Lipinski definition) is 6. The number of carbonyl (C=O) groups is 4. The summed E-state index contributed by atoms with van der Waals surface area (Å²) in [7, 11) is 0. The number of hydrogen-bond donors (Lipinski definition) is 2. The maximum absolute atomic E-state index is 12.7. The summed E-state index contributed by atoms with van der Waals surface area (Å²) in [5.41, 5.74) is 7.29. The molecule has 2 aliphatic rings. The quantitative estimate of drug-likeness (QED) is 0.567. The number of primary amides is 1. The van der Waals surface area contributed by atoms with E-state index in [2.05, 4.69) is 5.32 Å². The van der Waals surface area contributed by atoms with E-state index < -0.39 is 29.5 Å². The van der Waals surface area contributed by atoms with Gasteiger partial charge in [-0.1, -0.05) is 29.3 Å². The number of thiophene rings is 1. The molecule has 4 rings (SSSR count). The standard InChI is InChI=1S/C21H17Cl2N3O4S2/c22-11-6-5-10(13(23)8-11)7-15-20(29)26(21(30)32-15)9-16(27)25-19-17(18(24)28)12-3-1-2-4-14(12)31-19/h5-8H,1-4,9H2,(H2,24,28)(H,25,27). The number of amides is 4. The number of nitrogens with two attached hydrogens (primary N) is 1. The lowest BCUT2D eigenvalue weighted by Gasteiger charge is -2.13. The van der Waals surface area contributed by atoms with Gasteiger partial charge in [-0.2, -0.15) is 0 Å². The minimum Gasteiger partial charge on any atom is -0.365 e.